The maximum atomic E-state index is 13.3. The summed E-state index contributed by atoms with van der Waals surface area (Å²) in [4.78, 5) is 17.0. The van der Waals surface area contributed by atoms with Gasteiger partial charge in [0.1, 0.15) is 0 Å². The minimum atomic E-state index is -0.496. The first kappa shape index (κ1) is 19.1. The lowest BCUT2D eigenvalue weighted by molar-refractivity contribution is -0.886. The molecule has 3 rings (SSSR count). The van der Waals surface area contributed by atoms with Gasteiger partial charge in [0.2, 0.25) is 0 Å². The van der Waals surface area contributed by atoms with Crippen molar-refractivity contribution in [3.8, 4) is 0 Å². The van der Waals surface area contributed by atoms with Crippen LogP contribution in [0.15, 0.2) is 42.5 Å². The first-order chi connectivity index (χ1) is 12.8. The average Bonchev–Trinajstić information content (AvgIpc) is 3.21. The highest BCUT2D eigenvalue weighted by Gasteiger charge is 2.29. The minimum absolute atomic E-state index is 0.117. The Morgan fingerprint density at radius 3 is 2.65 bits per heavy atom. The van der Waals surface area contributed by atoms with Crippen molar-refractivity contribution < 1.29 is 14.4 Å². The second-order valence-electron chi connectivity index (χ2n) is 7.67. The highest BCUT2D eigenvalue weighted by Crippen LogP contribution is 2.23. The molecule has 2 aliphatic rings. The summed E-state index contributed by atoms with van der Waals surface area (Å²) >= 11 is 0. The van der Waals surface area contributed by atoms with Gasteiger partial charge >= 0.3 is 0 Å². The molecule has 1 amide bonds. The molecule has 1 heterocycles. The number of nitrogens with one attached hydrogen (secondary N) is 1. The highest BCUT2D eigenvalue weighted by atomic mass is 16.5. The standard InChI is InChI=1S/C22H32N2O2/c1-26-21(20-12-6-3-7-13-20)22(25)24(17-16-23-14-8-9-15-23)18-19-10-4-2-5-11-19/h2-4,6-7,12-13,19,21H,5,8-11,14-18H2,1H3/p+1/t19-,21-/m0/s1. The second kappa shape index (κ2) is 9.89. The molecule has 1 aliphatic heterocycles. The Bertz CT molecular complexity index is 581. The van der Waals surface area contributed by atoms with Crippen LogP contribution in [0.25, 0.3) is 0 Å². The Hall–Kier alpha value is -1.65. The van der Waals surface area contributed by atoms with Gasteiger partial charge < -0.3 is 14.5 Å². The summed E-state index contributed by atoms with van der Waals surface area (Å²) in [5.41, 5.74) is 0.946. The minimum Gasteiger partial charge on any atom is -0.367 e. The van der Waals surface area contributed by atoms with Gasteiger partial charge in [-0.1, -0.05) is 42.5 Å². The molecule has 2 atom stereocenters. The molecule has 0 bridgehead atoms. The van der Waals surface area contributed by atoms with Gasteiger partial charge in [-0.2, -0.15) is 0 Å². The van der Waals surface area contributed by atoms with Crippen molar-refractivity contribution in [2.24, 2.45) is 5.92 Å². The van der Waals surface area contributed by atoms with Crippen molar-refractivity contribution in [1.29, 1.82) is 0 Å². The summed E-state index contributed by atoms with van der Waals surface area (Å²) < 4.78 is 5.63. The molecule has 0 radical (unpaired) electrons. The van der Waals surface area contributed by atoms with E-state index >= 15 is 0 Å². The number of benzene rings is 1. The first-order valence-corrected chi connectivity index (χ1v) is 10.1. The van der Waals surface area contributed by atoms with Crippen LogP contribution in [0.2, 0.25) is 0 Å². The summed E-state index contributed by atoms with van der Waals surface area (Å²) in [6.45, 7) is 5.24. The second-order valence-corrected chi connectivity index (χ2v) is 7.67. The van der Waals surface area contributed by atoms with Gasteiger partial charge in [-0.05, 0) is 30.7 Å². The normalized spacial score (nSPS) is 21.7. The fourth-order valence-corrected chi connectivity index (χ4v) is 4.22. The molecule has 1 saturated heterocycles. The number of rotatable bonds is 8. The largest absolute Gasteiger partial charge is 0.367 e. The van der Waals surface area contributed by atoms with Gasteiger partial charge in [0.15, 0.2) is 6.10 Å². The van der Waals surface area contributed by atoms with Crippen LogP contribution in [-0.2, 0) is 9.53 Å². The van der Waals surface area contributed by atoms with Crippen LogP contribution in [-0.4, -0.2) is 50.6 Å². The molecule has 1 aromatic carbocycles. The van der Waals surface area contributed by atoms with Crippen molar-refractivity contribution in [1.82, 2.24) is 4.90 Å². The summed E-state index contributed by atoms with van der Waals surface area (Å²) in [6, 6.07) is 9.89. The molecule has 0 saturated carbocycles. The van der Waals surface area contributed by atoms with Gasteiger partial charge in [-0.3, -0.25) is 4.79 Å². The zero-order valence-electron chi connectivity index (χ0n) is 16.0. The molecule has 0 spiro atoms. The zero-order chi connectivity index (χ0) is 18.2. The van der Waals surface area contributed by atoms with Crippen LogP contribution in [0.3, 0.4) is 0 Å². The van der Waals surface area contributed by atoms with Crippen molar-refractivity contribution in [3.63, 3.8) is 0 Å². The highest BCUT2D eigenvalue weighted by molar-refractivity contribution is 5.82. The SMILES string of the molecule is CO[C@H](C(=O)N(CC[NH+]1CCCC1)C[C@H]1CC=CCC1)c1ccccc1. The Kier molecular flexibility index (Phi) is 7.27. The molecule has 4 nitrogen and oxygen atoms in total. The number of ether oxygens (including phenoxy) is 1. The average molecular weight is 358 g/mol. The maximum Gasteiger partial charge on any atom is 0.256 e. The van der Waals surface area contributed by atoms with Gasteiger partial charge in [0.05, 0.1) is 26.2 Å². The summed E-state index contributed by atoms with van der Waals surface area (Å²) in [5, 5.41) is 0. The third-order valence-electron chi connectivity index (χ3n) is 5.78. The van der Waals surface area contributed by atoms with E-state index in [1.54, 1.807) is 12.0 Å². The molecule has 1 fully saturated rings. The van der Waals surface area contributed by atoms with Gasteiger partial charge in [-0.25, -0.2) is 0 Å². The first-order valence-electron chi connectivity index (χ1n) is 10.1. The van der Waals surface area contributed by atoms with Crippen molar-refractivity contribution in [2.75, 3.05) is 39.8 Å². The lowest BCUT2D eigenvalue weighted by Gasteiger charge is -2.31. The van der Waals surface area contributed by atoms with Gasteiger partial charge in [-0.15, -0.1) is 0 Å². The zero-order valence-corrected chi connectivity index (χ0v) is 16.0. The fraction of sp³-hybridized carbons (Fsp3) is 0.591. The number of hydrogen-bond acceptors (Lipinski definition) is 2. The van der Waals surface area contributed by atoms with E-state index in [0.717, 1.165) is 38.0 Å². The summed E-state index contributed by atoms with van der Waals surface area (Å²) in [6.07, 6.45) is 10.1. The molecular weight excluding hydrogens is 324 g/mol. The topological polar surface area (TPSA) is 34.0 Å². The molecule has 0 aromatic heterocycles. The molecule has 142 valence electrons. The summed E-state index contributed by atoms with van der Waals surface area (Å²) in [7, 11) is 1.64. The molecule has 1 aromatic rings. The van der Waals surface area contributed by atoms with Crippen molar-refractivity contribution in [3.05, 3.63) is 48.0 Å². The van der Waals surface area contributed by atoms with Gasteiger partial charge in [0, 0.05) is 26.5 Å². The van der Waals surface area contributed by atoms with Gasteiger partial charge in [0.25, 0.3) is 5.91 Å². The Balaban J connectivity index is 1.68. The fourth-order valence-electron chi connectivity index (χ4n) is 4.22. The van der Waals surface area contributed by atoms with E-state index in [4.69, 9.17) is 4.74 Å². The molecule has 26 heavy (non-hydrogen) atoms. The number of methoxy groups -OCH3 is 1. The molecule has 4 heteroatoms. The third-order valence-corrected chi connectivity index (χ3v) is 5.78. The van der Waals surface area contributed by atoms with E-state index in [1.165, 1.54) is 32.4 Å². The molecule has 1 N–H and O–H groups in total. The van der Waals surface area contributed by atoms with E-state index in [1.807, 2.05) is 30.3 Å². The number of carbonyl (C=O) groups is 1. The molecule has 1 aliphatic carbocycles. The van der Waals surface area contributed by atoms with Crippen LogP contribution in [0, 0.1) is 5.92 Å². The van der Waals surface area contributed by atoms with E-state index in [0.29, 0.717) is 5.92 Å². The van der Waals surface area contributed by atoms with Crippen LogP contribution < -0.4 is 4.90 Å². The summed E-state index contributed by atoms with van der Waals surface area (Å²) in [5.74, 6) is 0.692. The number of amides is 1. The Morgan fingerprint density at radius 1 is 1.23 bits per heavy atom. The quantitative estimate of drug-likeness (QED) is 0.724. The molecular formula is C22H33N2O2+. The number of likely N-dealkylation sites (tertiary alicyclic amines) is 1. The smallest absolute Gasteiger partial charge is 0.256 e. The van der Waals surface area contributed by atoms with E-state index in [9.17, 15) is 4.79 Å². The lowest BCUT2D eigenvalue weighted by atomic mass is 9.93. The van der Waals surface area contributed by atoms with E-state index in [-0.39, 0.29) is 5.91 Å². The third kappa shape index (κ3) is 5.18. The van der Waals surface area contributed by atoms with Crippen molar-refractivity contribution >= 4 is 5.91 Å². The predicted molar refractivity (Wildman–Crippen MR) is 104 cm³/mol. The van der Waals surface area contributed by atoms with Crippen LogP contribution in [0.1, 0.15) is 43.8 Å². The van der Waals surface area contributed by atoms with E-state index < -0.39 is 6.10 Å². The van der Waals surface area contributed by atoms with Crippen LogP contribution in [0.4, 0.5) is 0 Å². The van der Waals surface area contributed by atoms with Crippen molar-refractivity contribution in [2.45, 2.75) is 38.2 Å². The number of nitrogens with zero attached hydrogens (tertiary/aromatic N) is 1. The van der Waals surface area contributed by atoms with Crippen LogP contribution in [0.5, 0.6) is 0 Å². The Labute approximate surface area is 157 Å². The van der Waals surface area contributed by atoms with E-state index in [2.05, 4.69) is 17.1 Å². The van der Waals surface area contributed by atoms with Crippen LogP contribution >= 0.6 is 0 Å². The Morgan fingerprint density at radius 2 is 2.00 bits per heavy atom. The number of carbonyl (C=O) groups excluding carboxylic acids is 1. The lowest BCUT2D eigenvalue weighted by Crippen LogP contribution is -3.10. The number of hydrogen-bond donors (Lipinski definition) is 1. The number of allylic oxidation sites excluding steroid dienone is 2. The monoisotopic (exact) mass is 357 g/mol. The molecule has 0 unspecified atom stereocenters. The predicted octanol–water partition coefficient (Wildman–Crippen LogP) is 2.24. The number of quaternary nitrogens is 1. The maximum absolute atomic E-state index is 13.3.